The summed E-state index contributed by atoms with van der Waals surface area (Å²) in [5.74, 6) is 2.91. The van der Waals surface area contributed by atoms with Crippen LogP contribution in [0.15, 0.2) is 79.0 Å². The molecule has 1 aliphatic heterocycles. The van der Waals surface area contributed by atoms with Gasteiger partial charge in [0.1, 0.15) is 22.6 Å². The Hall–Kier alpha value is -4.89. The standard InChI is InChI=1S/C35H38N6O3/c1-22(2)30-13-10-26(18-23(30)3)39-35(42)25-6-5-7-29(19-25)44-31-15-17-37-34-32(31)33(38-27-14-16-36-20-27)40-41(34)21-24-8-11-28(43-4)12-9-24/h5-13,15,17-19,22,27,36H,14,16,20-21H2,1-4H3,(H,38,40)(H,39,42)/t27-/m1/s1. The number of anilines is 2. The Bertz CT molecular complexity index is 1770. The van der Waals surface area contributed by atoms with Gasteiger partial charge in [-0.15, -0.1) is 0 Å². The molecule has 0 aliphatic carbocycles. The van der Waals surface area contributed by atoms with Crippen LogP contribution in [0, 0.1) is 6.92 Å². The van der Waals surface area contributed by atoms with Crippen LogP contribution in [0.25, 0.3) is 11.0 Å². The maximum atomic E-state index is 13.2. The monoisotopic (exact) mass is 590 g/mol. The lowest BCUT2D eigenvalue weighted by Gasteiger charge is -2.13. The van der Waals surface area contributed by atoms with Crippen molar-refractivity contribution >= 4 is 28.4 Å². The second-order valence-electron chi connectivity index (χ2n) is 11.5. The average molecular weight is 591 g/mol. The summed E-state index contributed by atoms with van der Waals surface area (Å²) < 4.78 is 13.7. The van der Waals surface area contributed by atoms with E-state index in [0.717, 1.165) is 53.3 Å². The lowest BCUT2D eigenvalue weighted by molar-refractivity contribution is 0.102. The van der Waals surface area contributed by atoms with Crippen molar-refractivity contribution in [3.63, 3.8) is 0 Å². The van der Waals surface area contributed by atoms with Crippen LogP contribution in [0.4, 0.5) is 11.5 Å². The Balaban J connectivity index is 1.28. The highest BCUT2D eigenvalue weighted by molar-refractivity contribution is 6.04. The number of amides is 1. The fraction of sp³-hybridized carbons (Fsp3) is 0.286. The van der Waals surface area contributed by atoms with Crippen LogP contribution in [0.1, 0.15) is 53.2 Å². The van der Waals surface area contributed by atoms with E-state index in [-0.39, 0.29) is 11.9 Å². The van der Waals surface area contributed by atoms with E-state index in [1.54, 1.807) is 25.4 Å². The third-order valence-corrected chi connectivity index (χ3v) is 7.96. The molecule has 0 unspecified atom stereocenters. The van der Waals surface area contributed by atoms with Gasteiger partial charge in [-0.2, -0.15) is 5.10 Å². The Kier molecular flexibility index (Phi) is 8.47. The van der Waals surface area contributed by atoms with Crippen LogP contribution in [0.3, 0.4) is 0 Å². The van der Waals surface area contributed by atoms with Crippen LogP contribution in [0.5, 0.6) is 17.2 Å². The van der Waals surface area contributed by atoms with E-state index in [1.807, 2.05) is 59.3 Å². The molecule has 3 N–H and O–H groups in total. The molecule has 9 heteroatoms. The van der Waals surface area contributed by atoms with Crippen molar-refractivity contribution in [1.82, 2.24) is 20.1 Å². The number of aromatic nitrogens is 3. The summed E-state index contributed by atoms with van der Waals surface area (Å²) in [5.41, 5.74) is 5.48. The Labute approximate surface area is 257 Å². The number of ether oxygens (including phenoxy) is 2. The number of pyridine rings is 1. The molecule has 0 saturated carbocycles. The number of methoxy groups -OCH3 is 1. The molecule has 2 aromatic heterocycles. The predicted molar refractivity (Wildman–Crippen MR) is 174 cm³/mol. The SMILES string of the molecule is COc1ccc(Cn2nc(N[C@@H]3CCNC3)c3c(Oc4cccc(C(=O)Nc5ccc(C(C)C)c(C)c5)c4)ccnc32)cc1. The van der Waals surface area contributed by atoms with Gasteiger partial charge in [0.25, 0.3) is 5.91 Å². The van der Waals surface area contributed by atoms with Gasteiger partial charge >= 0.3 is 0 Å². The summed E-state index contributed by atoms with van der Waals surface area (Å²) in [5, 5.41) is 15.8. The van der Waals surface area contributed by atoms with Gasteiger partial charge in [0.15, 0.2) is 11.5 Å². The Morgan fingerprint density at radius 1 is 1.07 bits per heavy atom. The minimum atomic E-state index is -0.199. The summed E-state index contributed by atoms with van der Waals surface area (Å²) >= 11 is 0. The highest BCUT2D eigenvalue weighted by atomic mass is 16.5. The van der Waals surface area contributed by atoms with Crippen molar-refractivity contribution in [3.05, 3.63) is 101 Å². The highest BCUT2D eigenvalue weighted by Gasteiger charge is 2.22. The van der Waals surface area contributed by atoms with Gasteiger partial charge < -0.3 is 25.4 Å². The van der Waals surface area contributed by atoms with Gasteiger partial charge in [0, 0.05) is 36.1 Å². The highest BCUT2D eigenvalue weighted by Crippen LogP contribution is 2.35. The molecule has 44 heavy (non-hydrogen) atoms. The van der Waals surface area contributed by atoms with Crippen LogP contribution in [-0.2, 0) is 6.54 Å². The number of fused-ring (bicyclic) bond motifs is 1. The molecule has 6 rings (SSSR count). The fourth-order valence-corrected chi connectivity index (χ4v) is 5.67. The Morgan fingerprint density at radius 2 is 1.91 bits per heavy atom. The minimum Gasteiger partial charge on any atom is -0.497 e. The van der Waals surface area contributed by atoms with Crippen molar-refractivity contribution in [1.29, 1.82) is 0 Å². The molecule has 5 aromatic rings. The molecule has 0 bridgehead atoms. The molecule has 9 nitrogen and oxygen atoms in total. The molecule has 1 fully saturated rings. The first-order valence-corrected chi connectivity index (χ1v) is 15.0. The van der Waals surface area contributed by atoms with Crippen LogP contribution >= 0.6 is 0 Å². The number of hydrogen-bond acceptors (Lipinski definition) is 7. The van der Waals surface area contributed by atoms with Gasteiger partial charge in [0.05, 0.1) is 13.7 Å². The normalized spacial score (nSPS) is 14.6. The number of hydrogen-bond donors (Lipinski definition) is 3. The van der Waals surface area contributed by atoms with Gasteiger partial charge in [-0.1, -0.05) is 38.1 Å². The topological polar surface area (TPSA) is 102 Å². The molecular formula is C35H38N6O3. The second-order valence-corrected chi connectivity index (χ2v) is 11.5. The van der Waals surface area contributed by atoms with E-state index in [9.17, 15) is 4.79 Å². The Morgan fingerprint density at radius 3 is 2.64 bits per heavy atom. The minimum absolute atomic E-state index is 0.199. The summed E-state index contributed by atoms with van der Waals surface area (Å²) in [6, 6.07) is 23.3. The van der Waals surface area contributed by atoms with E-state index < -0.39 is 0 Å². The van der Waals surface area contributed by atoms with Crippen molar-refractivity contribution < 1.29 is 14.3 Å². The molecule has 0 spiro atoms. The first-order chi connectivity index (χ1) is 21.4. The quantitative estimate of drug-likeness (QED) is 0.166. The van der Waals surface area contributed by atoms with Crippen LogP contribution in [0.2, 0.25) is 0 Å². The van der Waals surface area contributed by atoms with Crippen LogP contribution in [-0.4, -0.2) is 46.9 Å². The first-order valence-electron chi connectivity index (χ1n) is 15.0. The summed E-state index contributed by atoms with van der Waals surface area (Å²) in [6.07, 6.45) is 2.73. The van der Waals surface area contributed by atoms with E-state index in [1.165, 1.54) is 5.56 Å². The van der Waals surface area contributed by atoms with E-state index in [2.05, 4.69) is 42.8 Å². The van der Waals surface area contributed by atoms with E-state index in [0.29, 0.717) is 35.2 Å². The van der Waals surface area contributed by atoms with Crippen molar-refractivity contribution in [2.75, 3.05) is 30.8 Å². The zero-order valence-corrected chi connectivity index (χ0v) is 25.6. The number of aryl methyl sites for hydroxylation is 1. The molecule has 3 aromatic carbocycles. The predicted octanol–water partition coefficient (Wildman–Crippen LogP) is 6.74. The summed E-state index contributed by atoms with van der Waals surface area (Å²) in [6.45, 7) is 8.76. The van der Waals surface area contributed by atoms with Gasteiger partial charge in [-0.25, -0.2) is 9.67 Å². The first kappa shape index (κ1) is 29.2. The zero-order valence-electron chi connectivity index (χ0n) is 25.6. The van der Waals surface area contributed by atoms with E-state index >= 15 is 0 Å². The summed E-state index contributed by atoms with van der Waals surface area (Å²) in [7, 11) is 1.66. The van der Waals surface area contributed by atoms with Crippen molar-refractivity contribution in [3.8, 4) is 17.2 Å². The smallest absolute Gasteiger partial charge is 0.255 e. The maximum Gasteiger partial charge on any atom is 0.255 e. The van der Waals surface area contributed by atoms with Gasteiger partial charge in [-0.05, 0) is 85.0 Å². The number of rotatable bonds is 10. The average Bonchev–Trinajstić information content (AvgIpc) is 3.66. The second kappa shape index (κ2) is 12.8. The fourth-order valence-electron chi connectivity index (χ4n) is 5.67. The molecule has 1 saturated heterocycles. The van der Waals surface area contributed by atoms with Crippen molar-refractivity contribution in [2.45, 2.75) is 45.7 Å². The summed E-state index contributed by atoms with van der Waals surface area (Å²) in [4.78, 5) is 17.9. The molecule has 1 amide bonds. The number of carbonyl (C=O) groups is 1. The number of nitrogens with zero attached hydrogens (tertiary/aromatic N) is 3. The molecular weight excluding hydrogens is 552 g/mol. The number of benzene rings is 3. The van der Waals surface area contributed by atoms with Crippen LogP contribution < -0.4 is 25.4 Å². The molecule has 3 heterocycles. The number of carbonyl (C=O) groups excluding carboxylic acids is 1. The lowest BCUT2D eigenvalue weighted by atomic mass is 9.97. The van der Waals surface area contributed by atoms with Crippen molar-refractivity contribution in [2.24, 2.45) is 0 Å². The van der Waals surface area contributed by atoms with Gasteiger partial charge in [0.2, 0.25) is 0 Å². The lowest BCUT2D eigenvalue weighted by Crippen LogP contribution is -2.22. The zero-order chi connectivity index (χ0) is 30.6. The third kappa shape index (κ3) is 6.38. The third-order valence-electron chi connectivity index (χ3n) is 7.96. The number of nitrogens with one attached hydrogen (secondary N) is 3. The van der Waals surface area contributed by atoms with Gasteiger partial charge in [-0.3, -0.25) is 4.79 Å². The largest absolute Gasteiger partial charge is 0.497 e. The molecule has 1 atom stereocenters. The molecule has 1 aliphatic rings. The van der Waals surface area contributed by atoms with E-state index in [4.69, 9.17) is 19.6 Å². The molecule has 0 radical (unpaired) electrons. The maximum absolute atomic E-state index is 13.2. The molecule has 226 valence electrons.